The summed E-state index contributed by atoms with van der Waals surface area (Å²) in [7, 11) is 0. The predicted molar refractivity (Wildman–Crippen MR) is 59.0 cm³/mol. The first-order chi connectivity index (χ1) is 7.99. The van der Waals surface area contributed by atoms with Gasteiger partial charge in [-0.3, -0.25) is 9.59 Å². The van der Waals surface area contributed by atoms with E-state index in [9.17, 15) is 18.4 Å². The van der Waals surface area contributed by atoms with Gasteiger partial charge in [0.15, 0.2) is 17.9 Å². The number of hydrogen-bond donors (Lipinski definition) is 1. The van der Waals surface area contributed by atoms with Crippen molar-refractivity contribution in [2.24, 2.45) is 5.73 Å². The predicted octanol–water partition coefficient (Wildman–Crippen LogP) is 2.00. The second-order valence-corrected chi connectivity index (χ2v) is 3.56. The van der Waals surface area contributed by atoms with Crippen LogP contribution in [0.4, 0.5) is 8.78 Å². The van der Waals surface area contributed by atoms with Gasteiger partial charge >= 0.3 is 0 Å². The Hall–Kier alpha value is -1.78. The lowest BCUT2D eigenvalue weighted by atomic mass is 9.91. The van der Waals surface area contributed by atoms with E-state index in [4.69, 9.17) is 5.73 Å². The maximum absolute atomic E-state index is 13.7. The molecule has 92 valence electrons. The van der Waals surface area contributed by atoms with Gasteiger partial charge in [-0.25, -0.2) is 8.78 Å². The first-order valence-corrected chi connectivity index (χ1v) is 5.27. The van der Waals surface area contributed by atoms with Gasteiger partial charge in [-0.05, 0) is 24.0 Å². The van der Waals surface area contributed by atoms with Gasteiger partial charge in [0.2, 0.25) is 5.91 Å². The van der Waals surface area contributed by atoms with E-state index in [-0.39, 0.29) is 23.8 Å². The SMILES string of the molecule is CCc1c(F)c(F)c(C=O)c(C(N)=O)c1CC. The van der Waals surface area contributed by atoms with E-state index in [1.807, 2.05) is 0 Å². The van der Waals surface area contributed by atoms with Crippen molar-refractivity contribution >= 4 is 12.2 Å². The Kier molecular flexibility index (Phi) is 3.93. The molecule has 1 amide bonds. The molecule has 1 aromatic carbocycles. The summed E-state index contributed by atoms with van der Waals surface area (Å²) in [5.74, 6) is -3.29. The minimum atomic E-state index is -1.30. The Balaban J connectivity index is 3.82. The van der Waals surface area contributed by atoms with E-state index >= 15 is 0 Å². The number of nitrogens with two attached hydrogens (primary N) is 1. The summed E-state index contributed by atoms with van der Waals surface area (Å²) in [4.78, 5) is 22.0. The topological polar surface area (TPSA) is 60.2 Å². The van der Waals surface area contributed by atoms with Crippen LogP contribution in [0.1, 0.15) is 45.7 Å². The van der Waals surface area contributed by atoms with Crippen LogP contribution < -0.4 is 5.73 Å². The van der Waals surface area contributed by atoms with Crippen LogP contribution in [0, 0.1) is 11.6 Å². The fourth-order valence-electron chi connectivity index (χ4n) is 1.96. The van der Waals surface area contributed by atoms with Crippen molar-refractivity contribution in [1.82, 2.24) is 0 Å². The number of primary amides is 1. The first-order valence-electron chi connectivity index (χ1n) is 5.27. The van der Waals surface area contributed by atoms with Crippen molar-refractivity contribution < 1.29 is 18.4 Å². The maximum Gasteiger partial charge on any atom is 0.249 e. The van der Waals surface area contributed by atoms with Gasteiger partial charge in [-0.1, -0.05) is 13.8 Å². The summed E-state index contributed by atoms with van der Waals surface area (Å²) in [5, 5.41) is 0. The van der Waals surface area contributed by atoms with E-state index in [1.54, 1.807) is 13.8 Å². The Morgan fingerprint density at radius 2 is 1.71 bits per heavy atom. The second kappa shape index (κ2) is 5.03. The molecular formula is C12H13F2NO2. The van der Waals surface area contributed by atoms with E-state index in [0.29, 0.717) is 12.0 Å². The summed E-state index contributed by atoms with van der Waals surface area (Å²) >= 11 is 0. The Morgan fingerprint density at radius 1 is 1.18 bits per heavy atom. The lowest BCUT2D eigenvalue weighted by molar-refractivity contribution is 0.0990. The van der Waals surface area contributed by atoms with E-state index in [0.717, 1.165) is 0 Å². The zero-order chi connectivity index (χ0) is 13.2. The third kappa shape index (κ3) is 2.05. The molecule has 17 heavy (non-hydrogen) atoms. The molecule has 0 bridgehead atoms. The molecule has 1 aromatic rings. The molecule has 0 saturated carbocycles. The van der Waals surface area contributed by atoms with E-state index in [2.05, 4.69) is 0 Å². The standard InChI is InChI=1S/C12H13F2NO2/c1-3-6-7(4-2)10(13)11(14)8(5-16)9(6)12(15)17/h5H,3-4H2,1-2H3,(H2,15,17). The average Bonchev–Trinajstić information content (AvgIpc) is 2.31. The molecule has 0 radical (unpaired) electrons. The molecule has 0 atom stereocenters. The van der Waals surface area contributed by atoms with Crippen molar-refractivity contribution in [2.75, 3.05) is 0 Å². The fourth-order valence-corrected chi connectivity index (χ4v) is 1.96. The molecule has 0 aliphatic carbocycles. The molecule has 2 N–H and O–H groups in total. The molecule has 0 fully saturated rings. The lowest BCUT2D eigenvalue weighted by Gasteiger charge is -2.14. The molecule has 0 unspecified atom stereocenters. The summed E-state index contributed by atoms with van der Waals surface area (Å²) in [5.41, 5.74) is 4.73. The van der Waals surface area contributed by atoms with Crippen molar-refractivity contribution in [3.8, 4) is 0 Å². The summed E-state index contributed by atoms with van der Waals surface area (Å²) in [6.07, 6.45) is 0.655. The smallest absolute Gasteiger partial charge is 0.249 e. The van der Waals surface area contributed by atoms with Crippen LogP contribution in [0.15, 0.2) is 0 Å². The number of carbonyl (C=O) groups is 2. The lowest BCUT2D eigenvalue weighted by Crippen LogP contribution is -2.20. The highest BCUT2D eigenvalue weighted by atomic mass is 19.2. The van der Waals surface area contributed by atoms with Crippen LogP contribution in [0.3, 0.4) is 0 Å². The molecule has 0 aromatic heterocycles. The van der Waals surface area contributed by atoms with Gasteiger partial charge in [0.1, 0.15) is 0 Å². The van der Waals surface area contributed by atoms with E-state index in [1.165, 1.54) is 0 Å². The minimum absolute atomic E-state index is 0.101. The fraction of sp³-hybridized carbons (Fsp3) is 0.333. The number of amides is 1. The second-order valence-electron chi connectivity index (χ2n) is 3.56. The molecule has 0 saturated heterocycles. The minimum Gasteiger partial charge on any atom is -0.366 e. The molecule has 0 heterocycles. The highest BCUT2D eigenvalue weighted by molar-refractivity contribution is 6.02. The van der Waals surface area contributed by atoms with Crippen LogP contribution in [-0.2, 0) is 12.8 Å². The van der Waals surface area contributed by atoms with Gasteiger partial charge in [0.25, 0.3) is 0 Å². The molecular weight excluding hydrogens is 228 g/mol. The number of aldehydes is 1. The van der Waals surface area contributed by atoms with Crippen molar-refractivity contribution in [2.45, 2.75) is 26.7 Å². The molecule has 3 nitrogen and oxygen atoms in total. The Bertz CT molecular complexity index is 484. The number of hydrogen-bond acceptors (Lipinski definition) is 2. The Labute approximate surface area is 97.6 Å². The van der Waals surface area contributed by atoms with Gasteiger partial charge < -0.3 is 5.73 Å². The Morgan fingerprint density at radius 3 is 2.06 bits per heavy atom. The molecule has 5 heteroatoms. The molecule has 0 spiro atoms. The zero-order valence-corrected chi connectivity index (χ0v) is 9.64. The average molecular weight is 241 g/mol. The van der Waals surface area contributed by atoms with Gasteiger partial charge in [-0.2, -0.15) is 0 Å². The van der Waals surface area contributed by atoms with Crippen LogP contribution in [-0.4, -0.2) is 12.2 Å². The summed E-state index contributed by atoms with van der Waals surface area (Å²) in [6, 6.07) is 0. The van der Waals surface area contributed by atoms with Crippen LogP contribution in [0.25, 0.3) is 0 Å². The van der Waals surface area contributed by atoms with Crippen molar-refractivity contribution in [1.29, 1.82) is 0 Å². The van der Waals surface area contributed by atoms with Crippen LogP contribution in [0.2, 0.25) is 0 Å². The van der Waals surface area contributed by atoms with Crippen molar-refractivity contribution in [3.63, 3.8) is 0 Å². The number of benzene rings is 1. The number of halogens is 2. The number of carbonyl (C=O) groups excluding carboxylic acids is 2. The molecule has 0 aliphatic heterocycles. The normalized spacial score (nSPS) is 10.4. The van der Waals surface area contributed by atoms with Crippen molar-refractivity contribution in [3.05, 3.63) is 33.9 Å². The van der Waals surface area contributed by atoms with Gasteiger partial charge in [0.05, 0.1) is 11.1 Å². The largest absolute Gasteiger partial charge is 0.366 e. The third-order valence-corrected chi connectivity index (χ3v) is 2.70. The van der Waals surface area contributed by atoms with Gasteiger partial charge in [-0.15, -0.1) is 0 Å². The highest BCUT2D eigenvalue weighted by Gasteiger charge is 2.24. The monoisotopic (exact) mass is 241 g/mol. The zero-order valence-electron chi connectivity index (χ0n) is 9.64. The molecule has 1 rings (SSSR count). The molecule has 0 aliphatic rings. The highest BCUT2D eigenvalue weighted by Crippen LogP contribution is 2.26. The maximum atomic E-state index is 13.7. The van der Waals surface area contributed by atoms with Gasteiger partial charge in [0, 0.05) is 0 Å². The summed E-state index contributed by atoms with van der Waals surface area (Å²) in [6.45, 7) is 3.33. The van der Waals surface area contributed by atoms with Crippen LogP contribution in [0.5, 0.6) is 0 Å². The summed E-state index contributed by atoms with van der Waals surface area (Å²) < 4.78 is 27.2. The first kappa shape index (κ1) is 13.3. The van der Waals surface area contributed by atoms with E-state index < -0.39 is 23.1 Å². The van der Waals surface area contributed by atoms with Crippen LogP contribution >= 0.6 is 0 Å². The third-order valence-electron chi connectivity index (χ3n) is 2.70. The number of rotatable bonds is 4. The quantitative estimate of drug-likeness (QED) is 0.819.